The van der Waals surface area contributed by atoms with Gasteiger partial charge < -0.3 is 5.73 Å². The lowest BCUT2D eigenvalue weighted by Crippen LogP contribution is -1.93. The highest BCUT2D eigenvalue weighted by Crippen LogP contribution is 2.14. The van der Waals surface area contributed by atoms with Gasteiger partial charge in [0.2, 0.25) is 0 Å². The van der Waals surface area contributed by atoms with Crippen LogP contribution < -0.4 is 5.73 Å². The molecule has 0 atom stereocenters. The molecule has 1 nitrogen and oxygen atoms in total. The third-order valence-electron chi connectivity index (χ3n) is 1.28. The number of rotatable bonds is 0. The molecule has 0 aliphatic rings. The van der Waals surface area contributed by atoms with Gasteiger partial charge in [0.1, 0.15) is 11.6 Å². The van der Waals surface area contributed by atoms with E-state index in [1.165, 1.54) is 6.92 Å². The maximum absolute atomic E-state index is 12.5. The molecule has 0 bridgehead atoms. The molecule has 0 amide bonds. The molecule has 0 unspecified atom stereocenters. The van der Waals surface area contributed by atoms with Crippen LogP contribution in [0, 0.1) is 18.6 Å². The molecule has 1 aromatic carbocycles. The zero-order valence-electron chi connectivity index (χ0n) is 5.49. The van der Waals surface area contributed by atoms with Gasteiger partial charge in [-0.25, -0.2) is 8.78 Å². The lowest BCUT2D eigenvalue weighted by atomic mass is 10.2. The van der Waals surface area contributed by atoms with E-state index in [0.717, 1.165) is 12.1 Å². The first-order chi connectivity index (χ1) is 4.61. The van der Waals surface area contributed by atoms with Crippen LogP contribution in [-0.4, -0.2) is 0 Å². The standard InChI is InChI=1S/C7H7F2N/c1-4-2-6(9)7(10)3-5(4)8/h2-3H,10H2,1H3. The van der Waals surface area contributed by atoms with Crippen LogP contribution in [0.2, 0.25) is 0 Å². The maximum Gasteiger partial charge on any atom is 0.146 e. The van der Waals surface area contributed by atoms with Gasteiger partial charge in [0, 0.05) is 6.07 Å². The predicted molar refractivity (Wildman–Crippen MR) is 35.5 cm³/mol. The molecule has 2 N–H and O–H groups in total. The summed E-state index contributed by atoms with van der Waals surface area (Å²) in [5.41, 5.74) is 5.19. The summed E-state index contributed by atoms with van der Waals surface area (Å²) in [6.07, 6.45) is 0. The summed E-state index contributed by atoms with van der Waals surface area (Å²) in [4.78, 5) is 0. The molecule has 10 heavy (non-hydrogen) atoms. The second kappa shape index (κ2) is 2.25. The van der Waals surface area contributed by atoms with Crippen LogP contribution in [0.15, 0.2) is 12.1 Å². The predicted octanol–water partition coefficient (Wildman–Crippen LogP) is 1.86. The summed E-state index contributed by atoms with van der Waals surface area (Å²) < 4.78 is 25.0. The summed E-state index contributed by atoms with van der Waals surface area (Å²) in [6, 6.07) is 2.05. The zero-order chi connectivity index (χ0) is 7.72. The molecular weight excluding hydrogens is 136 g/mol. The van der Waals surface area contributed by atoms with Crippen LogP contribution in [0.4, 0.5) is 14.5 Å². The Bertz CT molecular complexity index is 208. The van der Waals surface area contributed by atoms with Gasteiger partial charge in [-0.15, -0.1) is 0 Å². The average molecular weight is 143 g/mol. The van der Waals surface area contributed by atoms with E-state index in [0.29, 0.717) is 0 Å². The van der Waals surface area contributed by atoms with Gasteiger partial charge in [-0.05, 0) is 18.6 Å². The van der Waals surface area contributed by atoms with E-state index in [-0.39, 0.29) is 11.3 Å². The van der Waals surface area contributed by atoms with Gasteiger partial charge in [0.25, 0.3) is 0 Å². The van der Waals surface area contributed by atoms with Crippen molar-refractivity contribution in [1.29, 1.82) is 0 Å². The largest absolute Gasteiger partial charge is 0.396 e. The van der Waals surface area contributed by atoms with Gasteiger partial charge in [0.15, 0.2) is 0 Å². The Balaban J connectivity index is 3.28. The quantitative estimate of drug-likeness (QED) is 0.551. The Labute approximate surface area is 57.5 Å². The van der Waals surface area contributed by atoms with Crippen molar-refractivity contribution in [2.24, 2.45) is 0 Å². The van der Waals surface area contributed by atoms with E-state index in [2.05, 4.69) is 0 Å². The number of hydrogen-bond acceptors (Lipinski definition) is 1. The first-order valence-corrected chi connectivity index (χ1v) is 2.82. The molecular formula is C7H7F2N. The second-order valence-electron chi connectivity index (χ2n) is 2.12. The van der Waals surface area contributed by atoms with Crippen molar-refractivity contribution >= 4 is 5.69 Å². The molecule has 3 heteroatoms. The lowest BCUT2D eigenvalue weighted by molar-refractivity contribution is 0.596. The molecule has 0 aromatic heterocycles. The van der Waals surface area contributed by atoms with E-state index in [1.54, 1.807) is 0 Å². The van der Waals surface area contributed by atoms with Crippen LogP contribution in [0.1, 0.15) is 5.56 Å². The van der Waals surface area contributed by atoms with Gasteiger partial charge in [-0.2, -0.15) is 0 Å². The monoisotopic (exact) mass is 143 g/mol. The summed E-state index contributed by atoms with van der Waals surface area (Å²) in [5, 5.41) is 0. The maximum atomic E-state index is 12.5. The van der Waals surface area contributed by atoms with E-state index in [4.69, 9.17) is 5.73 Å². The van der Waals surface area contributed by atoms with Crippen molar-refractivity contribution in [2.75, 3.05) is 5.73 Å². The fourth-order valence-electron chi connectivity index (χ4n) is 0.662. The van der Waals surface area contributed by atoms with Crippen molar-refractivity contribution < 1.29 is 8.78 Å². The Hall–Kier alpha value is -1.12. The molecule has 0 spiro atoms. The number of aryl methyl sites for hydroxylation is 1. The Kier molecular flexibility index (Phi) is 1.57. The van der Waals surface area contributed by atoms with Crippen LogP contribution in [0.25, 0.3) is 0 Å². The minimum absolute atomic E-state index is 0.150. The third-order valence-corrected chi connectivity index (χ3v) is 1.28. The van der Waals surface area contributed by atoms with Gasteiger partial charge in [-0.1, -0.05) is 0 Å². The number of benzene rings is 1. The SMILES string of the molecule is Cc1cc(F)c(N)cc1F. The molecule has 54 valence electrons. The number of hydrogen-bond donors (Lipinski definition) is 1. The topological polar surface area (TPSA) is 26.0 Å². The number of halogens is 2. The summed E-state index contributed by atoms with van der Waals surface area (Å²) in [5.74, 6) is -1.04. The molecule has 1 rings (SSSR count). The fraction of sp³-hybridized carbons (Fsp3) is 0.143. The smallest absolute Gasteiger partial charge is 0.146 e. The highest BCUT2D eigenvalue weighted by molar-refractivity contribution is 5.41. The molecule has 0 aliphatic carbocycles. The van der Waals surface area contributed by atoms with Gasteiger partial charge >= 0.3 is 0 Å². The van der Waals surface area contributed by atoms with Crippen molar-refractivity contribution in [3.63, 3.8) is 0 Å². The van der Waals surface area contributed by atoms with Crippen molar-refractivity contribution in [2.45, 2.75) is 6.92 Å². The minimum Gasteiger partial charge on any atom is -0.396 e. The highest BCUT2D eigenvalue weighted by Gasteiger charge is 2.02. The molecule has 0 fully saturated rings. The van der Waals surface area contributed by atoms with E-state index >= 15 is 0 Å². The minimum atomic E-state index is -0.570. The Morgan fingerprint density at radius 1 is 1.20 bits per heavy atom. The van der Waals surface area contributed by atoms with Crippen LogP contribution in [-0.2, 0) is 0 Å². The van der Waals surface area contributed by atoms with Crippen molar-refractivity contribution in [1.82, 2.24) is 0 Å². The van der Waals surface area contributed by atoms with E-state index < -0.39 is 11.6 Å². The Morgan fingerprint density at radius 2 is 1.80 bits per heavy atom. The number of anilines is 1. The molecule has 0 saturated carbocycles. The molecule has 0 aliphatic heterocycles. The normalized spacial score (nSPS) is 9.90. The van der Waals surface area contributed by atoms with Crippen molar-refractivity contribution in [3.8, 4) is 0 Å². The first-order valence-electron chi connectivity index (χ1n) is 2.82. The molecule has 0 saturated heterocycles. The molecule has 0 heterocycles. The molecule has 1 aromatic rings. The van der Waals surface area contributed by atoms with Crippen LogP contribution in [0.5, 0.6) is 0 Å². The average Bonchev–Trinajstić information content (AvgIpc) is 1.84. The summed E-state index contributed by atoms with van der Waals surface area (Å²) >= 11 is 0. The second-order valence-corrected chi connectivity index (χ2v) is 2.12. The van der Waals surface area contributed by atoms with Crippen LogP contribution >= 0.6 is 0 Å². The lowest BCUT2D eigenvalue weighted by Gasteiger charge is -1.98. The number of nitrogen functional groups attached to an aromatic ring is 1. The van der Waals surface area contributed by atoms with E-state index in [1.807, 2.05) is 0 Å². The third kappa shape index (κ3) is 1.07. The first kappa shape index (κ1) is 6.99. The fourth-order valence-corrected chi connectivity index (χ4v) is 0.662. The number of nitrogens with two attached hydrogens (primary N) is 1. The summed E-state index contributed by atoms with van der Waals surface area (Å²) in [7, 11) is 0. The van der Waals surface area contributed by atoms with E-state index in [9.17, 15) is 8.78 Å². The summed E-state index contributed by atoms with van der Waals surface area (Å²) in [6.45, 7) is 1.48. The van der Waals surface area contributed by atoms with Gasteiger partial charge in [-0.3, -0.25) is 0 Å². The van der Waals surface area contributed by atoms with Gasteiger partial charge in [0.05, 0.1) is 5.69 Å². The molecule has 0 radical (unpaired) electrons. The highest BCUT2D eigenvalue weighted by atomic mass is 19.1. The zero-order valence-corrected chi connectivity index (χ0v) is 5.49. The van der Waals surface area contributed by atoms with Crippen molar-refractivity contribution in [3.05, 3.63) is 29.3 Å². The van der Waals surface area contributed by atoms with Crippen LogP contribution in [0.3, 0.4) is 0 Å². The Morgan fingerprint density at radius 3 is 2.30 bits per heavy atom.